The quantitative estimate of drug-likeness (QED) is 0.545. The van der Waals surface area contributed by atoms with Gasteiger partial charge in [-0.25, -0.2) is 0 Å². The van der Waals surface area contributed by atoms with Crippen LogP contribution in [-0.2, 0) is 6.42 Å². The van der Waals surface area contributed by atoms with E-state index >= 15 is 0 Å². The van der Waals surface area contributed by atoms with Crippen molar-refractivity contribution in [3.05, 3.63) is 35.7 Å². The molecule has 0 fully saturated rings. The average Bonchev–Trinajstić information content (AvgIpc) is 2.04. The Morgan fingerprint density at radius 3 is 3.36 bits per heavy atom. The van der Waals surface area contributed by atoms with Crippen molar-refractivity contribution in [3.8, 4) is 0 Å². The van der Waals surface area contributed by atoms with Crippen LogP contribution in [0.1, 0.15) is 18.2 Å². The molecule has 1 aliphatic carbocycles. The molecule has 2 rings (SSSR count). The van der Waals surface area contributed by atoms with Crippen molar-refractivity contribution in [1.29, 1.82) is 0 Å². The predicted octanol–water partition coefficient (Wildman–Crippen LogP) is 2.29. The minimum Gasteiger partial charge on any atom is -0.261 e. The summed E-state index contributed by atoms with van der Waals surface area (Å²) in [6.07, 6.45) is 7.36. The highest BCUT2D eigenvalue weighted by Crippen LogP contribution is 2.19. The lowest BCUT2D eigenvalue weighted by molar-refractivity contribution is 0.699. The minimum absolute atomic E-state index is 0.650. The molecule has 1 aliphatic rings. The van der Waals surface area contributed by atoms with Gasteiger partial charge in [0.05, 0.1) is 0 Å². The normalized spacial score (nSPS) is 21.4. The number of aromatic nitrogens is 1. The summed E-state index contributed by atoms with van der Waals surface area (Å²) >= 11 is 0. The smallest absolute Gasteiger partial charge is 0.0481 e. The number of nitrogens with zero attached hydrogens (tertiary/aromatic N) is 1. The second-order valence-corrected chi connectivity index (χ2v) is 3.08. The number of allylic oxidation sites excluding steroid dienone is 1. The lowest BCUT2D eigenvalue weighted by atomic mass is 9.95. The number of rotatable bonds is 0. The van der Waals surface area contributed by atoms with Gasteiger partial charge in [-0.15, -0.1) is 0 Å². The third kappa shape index (κ3) is 1.18. The molecule has 0 aromatic carbocycles. The van der Waals surface area contributed by atoms with Gasteiger partial charge >= 0.3 is 0 Å². The second kappa shape index (κ2) is 2.50. The molecule has 11 heavy (non-hydrogen) atoms. The van der Waals surface area contributed by atoms with Crippen LogP contribution in [-0.4, -0.2) is 4.98 Å². The highest BCUT2D eigenvalue weighted by molar-refractivity contribution is 5.54. The van der Waals surface area contributed by atoms with E-state index in [1.54, 1.807) is 0 Å². The Labute approximate surface area is 66.8 Å². The summed E-state index contributed by atoms with van der Waals surface area (Å²) < 4.78 is 0. The van der Waals surface area contributed by atoms with Crippen LogP contribution < -0.4 is 0 Å². The highest BCUT2D eigenvalue weighted by atomic mass is 14.7. The van der Waals surface area contributed by atoms with E-state index in [9.17, 15) is 0 Å². The Morgan fingerprint density at radius 2 is 2.45 bits per heavy atom. The predicted molar refractivity (Wildman–Crippen MR) is 46.1 cm³/mol. The molecule has 0 amide bonds. The largest absolute Gasteiger partial charge is 0.261 e. The molecular weight excluding hydrogens is 134 g/mol. The summed E-state index contributed by atoms with van der Waals surface area (Å²) in [6, 6.07) is 4.10. The number of hydrogen-bond acceptors (Lipinski definition) is 1. The third-order valence-electron chi connectivity index (χ3n) is 2.05. The van der Waals surface area contributed by atoms with E-state index in [4.69, 9.17) is 0 Å². The summed E-state index contributed by atoms with van der Waals surface area (Å²) in [5.74, 6) is 0.650. The second-order valence-electron chi connectivity index (χ2n) is 3.08. The lowest BCUT2D eigenvalue weighted by Crippen LogP contribution is -2.04. The fourth-order valence-electron chi connectivity index (χ4n) is 1.41. The van der Waals surface area contributed by atoms with Crippen molar-refractivity contribution >= 4 is 6.08 Å². The van der Waals surface area contributed by atoms with Crippen LogP contribution in [0, 0.1) is 5.92 Å². The van der Waals surface area contributed by atoms with Crippen LogP contribution in [0.2, 0.25) is 0 Å². The Morgan fingerprint density at radius 1 is 1.55 bits per heavy atom. The van der Waals surface area contributed by atoms with Crippen LogP contribution in [0.5, 0.6) is 0 Å². The maximum absolute atomic E-state index is 4.32. The SMILES string of the molecule is CC1C=Cc2cccnc2C1. The van der Waals surface area contributed by atoms with Crippen molar-refractivity contribution in [2.75, 3.05) is 0 Å². The topological polar surface area (TPSA) is 12.9 Å². The molecule has 1 nitrogen and oxygen atoms in total. The first kappa shape index (κ1) is 6.59. The average molecular weight is 145 g/mol. The van der Waals surface area contributed by atoms with Gasteiger partial charge in [0.2, 0.25) is 0 Å². The molecule has 1 aromatic rings. The van der Waals surface area contributed by atoms with Crippen LogP contribution in [0.15, 0.2) is 24.4 Å². The van der Waals surface area contributed by atoms with Gasteiger partial charge in [-0.3, -0.25) is 4.98 Å². The van der Waals surface area contributed by atoms with Gasteiger partial charge in [0.25, 0.3) is 0 Å². The van der Waals surface area contributed by atoms with Gasteiger partial charge in [0.1, 0.15) is 0 Å². The Kier molecular flexibility index (Phi) is 1.50. The zero-order valence-electron chi connectivity index (χ0n) is 6.62. The van der Waals surface area contributed by atoms with Crippen molar-refractivity contribution in [2.24, 2.45) is 5.92 Å². The van der Waals surface area contributed by atoms with Gasteiger partial charge in [0.15, 0.2) is 0 Å². The maximum atomic E-state index is 4.32. The van der Waals surface area contributed by atoms with E-state index in [1.165, 1.54) is 11.3 Å². The van der Waals surface area contributed by atoms with E-state index in [-0.39, 0.29) is 0 Å². The van der Waals surface area contributed by atoms with E-state index in [0.29, 0.717) is 5.92 Å². The van der Waals surface area contributed by atoms with Gasteiger partial charge in [-0.1, -0.05) is 25.1 Å². The van der Waals surface area contributed by atoms with Gasteiger partial charge in [-0.2, -0.15) is 0 Å². The minimum atomic E-state index is 0.650. The summed E-state index contributed by atoms with van der Waals surface area (Å²) in [6.45, 7) is 2.22. The number of hydrogen-bond donors (Lipinski definition) is 0. The molecule has 0 spiro atoms. The number of fused-ring (bicyclic) bond motifs is 1. The van der Waals surface area contributed by atoms with E-state index in [2.05, 4.69) is 30.1 Å². The van der Waals surface area contributed by atoms with Crippen molar-refractivity contribution in [1.82, 2.24) is 4.98 Å². The van der Waals surface area contributed by atoms with E-state index in [0.717, 1.165) is 6.42 Å². The Bertz CT molecular complexity index is 289. The van der Waals surface area contributed by atoms with Crippen LogP contribution in [0.25, 0.3) is 6.08 Å². The Hall–Kier alpha value is -1.11. The first-order valence-electron chi connectivity index (χ1n) is 3.98. The highest BCUT2D eigenvalue weighted by Gasteiger charge is 2.09. The molecule has 1 heterocycles. The van der Waals surface area contributed by atoms with Crippen LogP contribution in [0.4, 0.5) is 0 Å². The monoisotopic (exact) mass is 145 g/mol. The van der Waals surface area contributed by atoms with Gasteiger partial charge in [0, 0.05) is 11.9 Å². The maximum Gasteiger partial charge on any atom is 0.0481 e. The summed E-state index contributed by atoms with van der Waals surface area (Å²) in [5.41, 5.74) is 2.52. The molecule has 0 radical (unpaired) electrons. The zero-order valence-corrected chi connectivity index (χ0v) is 6.62. The number of pyridine rings is 1. The van der Waals surface area contributed by atoms with E-state index in [1.807, 2.05) is 12.3 Å². The first-order valence-corrected chi connectivity index (χ1v) is 3.98. The molecular formula is C10H11N. The molecule has 0 saturated heterocycles. The van der Waals surface area contributed by atoms with Gasteiger partial charge in [-0.05, 0) is 24.0 Å². The molecule has 56 valence electrons. The third-order valence-corrected chi connectivity index (χ3v) is 2.05. The Balaban J connectivity index is 2.46. The molecule has 1 unspecified atom stereocenters. The fraction of sp³-hybridized carbons (Fsp3) is 0.300. The van der Waals surface area contributed by atoms with Crippen LogP contribution >= 0.6 is 0 Å². The zero-order chi connectivity index (χ0) is 7.68. The molecule has 0 saturated carbocycles. The summed E-state index contributed by atoms with van der Waals surface area (Å²) in [7, 11) is 0. The molecule has 1 atom stereocenters. The fourth-order valence-corrected chi connectivity index (χ4v) is 1.41. The van der Waals surface area contributed by atoms with Gasteiger partial charge < -0.3 is 0 Å². The summed E-state index contributed by atoms with van der Waals surface area (Å²) in [5, 5.41) is 0. The van der Waals surface area contributed by atoms with E-state index < -0.39 is 0 Å². The van der Waals surface area contributed by atoms with Crippen LogP contribution in [0.3, 0.4) is 0 Å². The van der Waals surface area contributed by atoms with Crippen molar-refractivity contribution in [3.63, 3.8) is 0 Å². The lowest BCUT2D eigenvalue weighted by Gasteiger charge is -2.13. The van der Waals surface area contributed by atoms with Crippen molar-refractivity contribution < 1.29 is 0 Å². The molecule has 0 bridgehead atoms. The standard InChI is InChI=1S/C10H11N/c1-8-4-5-9-3-2-6-11-10(9)7-8/h2-6,8H,7H2,1H3. The summed E-state index contributed by atoms with van der Waals surface area (Å²) in [4.78, 5) is 4.32. The first-order chi connectivity index (χ1) is 5.36. The molecule has 0 N–H and O–H groups in total. The van der Waals surface area contributed by atoms with Crippen molar-refractivity contribution in [2.45, 2.75) is 13.3 Å². The molecule has 1 heteroatoms. The molecule has 1 aromatic heterocycles. The molecule has 0 aliphatic heterocycles.